The summed E-state index contributed by atoms with van der Waals surface area (Å²) >= 11 is 0. The summed E-state index contributed by atoms with van der Waals surface area (Å²) in [5.41, 5.74) is 16.7. The third kappa shape index (κ3) is 7.36. The molecule has 0 aliphatic carbocycles. The molecule has 3 heterocycles. The Hall–Kier alpha value is -7.02. The molecule has 0 spiro atoms. The molecule has 6 heteroatoms. The van der Waals surface area contributed by atoms with Crippen molar-refractivity contribution in [3.8, 4) is 67.6 Å². The Morgan fingerprint density at radius 1 is 0.354 bits per heavy atom. The van der Waals surface area contributed by atoms with E-state index in [1.807, 2.05) is 0 Å². The summed E-state index contributed by atoms with van der Waals surface area (Å²) in [4.78, 5) is 5.46. The van der Waals surface area contributed by atoms with Gasteiger partial charge < -0.3 is 33.5 Å². The monoisotopic (exact) mass is 1010 g/mol. The molecule has 0 N–H and O–H groups in total. The number of hydrogen-bond donors (Lipinski definition) is 0. The fourth-order valence-electron chi connectivity index (χ4n) is 9.65. The number of pyridine rings is 1. The molecular formula is C59H49HfN3O2-2. The van der Waals surface area contributed by atoms with Gasteiger partial charge in [-0.05, 0) is 96.8 Å². The summed E-state index contributed by atoms with van der Waals surface area (Å²) in [5.74, 6) is 1.61. The molecule has 11 aromatic rings. The molecular weight excluding hydrogens is 961 g/mol. The van der Waals surface area contributed by atoms with E-state index < -0.39 is 0 Å². The first-order valence-corrected chi connectivity index (χ1v) is 21.0. The van der Waals surface area contributed by atoms with Crippen LogP contribution in [0.1, 0.15) is 11.1 Å². The van der Waals surface area contributed by atoms with E-state index in [4.69, 9.17) is 14.5 Å². The molecule has 11 rings (SSSR count). The second kappa shape index (κ2) is 18.2. The van der Waals surface area contributed by atoms with Crippen molar-refractivity contribution >= 4 is 43.6 Å². The maximum Gasteiger partial charge on any atom is 0.150 e. The van der Waals surface area contributed by atoms with Gasteiger partial charge in [-0.1, -0.05) is 127 Å². The van der Waals surface area contributed by atoms with Crippen LogP contribution in [0.4, 0.5) is 0 Å². The molecule has 0 aliphatic heterocycles. The van der Waals surface area contributed by atoms with E-state index in [2.05, 4.69) is 211 Å². The summed E-state index contributed by atoms with van der Waals surface area (Å²) < 4.78 is 17.5. The molecule has 0 aliphatic rings. The van der Waals surface area contributed by atoms with Crippen molar-refractivity contribution in [3.05, 3.63) is 214 Å². The van der Waals surface area contributed by atoms with Gasteiger partial charge in [0.05, 0.1) is 59.0 Å². The van der Waals surface area contributed by atoms with E-state index in [1.165, 1.54) is 21.5 Å². The molecule has 0 atom stereocenters. The van der Waals surface area contributed by atoms with Crippen LogP contribution in [-0.2, 0) is 25.8 Å². The van der Waals surface area contributed by atoms with Crippen molar-refractivity contribution in [2.24, 2.45) is 0 Å². The van der Waals surface area contributed by atoms with E-state index in [9.17, 15) is 0 Å². The van der Waals surface area contributed by atoms with Crippen molar-refractivity contribution in [1.82, 2.24) is 14.1 Å². The van der Waals surface area contributed by atoms with Crippen LogP contribution in [0.3, 0.4) is 0 Å². The van der Waals surface area contributed by atoms with Crippen molar-refractivity contribution in [2.45, 2.75) is 13.8 Å². The van der Waals surface area contributed by atoms with E-state index in [0.29, 0.717) is 0 Å². The van der Waals surface area contributed by atoms with Gasteiger partial charge in [0, 0.05) is 69.6 Å². The van der Waals surface area contributed by atoms with Gasteiger partial charge in [-0.3, -0.25) is 0 Å². The third-order valence-corrected chi connectivity index (χ3v) is 12.2. The summed E-state index contributed by atoms with van der Waals surface area (Å²) in [6.45, 7) is 4.32. The molecule has 318 valence electrons. The maximum absolute atomic E-state index is 6.42. The van der Waals surface area contributed by atoms with Crippen LogP contribution in [0.25, 0.3) is 99.8 Å². The maximum atomic E-state index is 6.42. The molecule has 3 aromatic heterocycles. The molecule has 0 amide bonds. The van der Waals surface area contributed by atoms with Crippen molar-refractivity contribution < 1.29 is 35.3 Å². The average Bonchev–Trinajstić information content (AvgIpc) is 3.84. The zero-order valence-electron chi connectivity index (χ0n) is 37.6. The van der Waals surface area contributed by atoms with E-state index in [0.717, 1.165) is 101 Å². The zero-order valence-corrected chi connectivity index (χ0v) is 41.1. The number of ether oxygens (including phenoxy) is 2. The first-order valence-electron chi connectivity index (χ1n) is 21.0. The summed E-state index contributed by atoms with van der Waals surface area (Å²) in [6, 6.07) is 66.7. The largest absolute Gasteiger partial charge is 0.494 e. The second-order valence-electron chi connectivity index (χ2n) is 16.0. The predicted molar refractivity (Wildman–Crippen MR) is 270 cm³/mol. The smallest absolute Gasteiger partial charge is 0.150 e. The predicted octanol–water partition coefficient (Wildman–Crippen LogP) is 15.5. The van der Waals surface area contributed by atoms with E-state index >= 15 is 0 Å². The first kappa shape index (κ1) is 44.6. The van der Waals surface area contributed by atoms with Crippen LogP contribution in [0, 0.1) is 28.7 Å². The molecule has 0 saturated heterocycles. The van der Waals surface area contributed by atoms with Gasteiger partial charge in [0.2, 0.25) is 0 Å². The van der Waals surface area contributed by atoms with Crippen molar-refractivity contribution in [3.63, 3.8) is 0 Å². The molecule has 0 saturated carbocycles. The van der Waals surface area contributed by atoms with Gasteiger partial charge in [-0.2, -0.15) is 0 Å². The molecule has 0 radical (unpaired) electrons. The number of aromatic nitrogens is 3. The summed E-state index contributed by atoms with van der Waals surface area (Å²) in [7, 11) is 3.55. The topological polar surface area (TPSA) is 41.2 Å². The van der Waals surface area contributed by atoms with Crippen LogP contribution in [0.15, 0.2) is 188 Å². The van der Waals surface area contributed by atoms with Crippen molar-refractivity contribution in [2.75, 3.05) is 14.2 Å². The molecule has 0 bridgehead atoms. The minimum absolute atomic E-state index is 0. The van der Waals surface area contributed by atoms with Crippen LogP contribution in [0.2, 0.25) is 0 Å². The number of benzene rings is 8. The number of aryl methyl sites for hydroxylation is 2. The molecule has 65 heavy (non-hydrogen) atoms. The minimum atomic E-state index is 0. The molecule has 8 aromatic carbocycles. The molecule has 0 fully saturated rings. The average molecular weight is 1010 g/mol. The van der Waals surface area contributed by atoms with Crippen LogP contribution < -0.4 is 9.47 Å². The van der Waals surface area contributed by atoms with E-state index in [1.54, 1.807) is 14.2 Å². The minimum Gasteiger partial charge on any atom is -0.494 e. The van der Waals surface area contributed by atoms with Gasteiger partial charge in [0.1, 0.15) is 0 Å². The van der Waals surface area contributed by atoms with Crippen LogP contribution in [0.5, 0.6) is 11.5 Å². The Morgan fingerprint density at radius 3 is 1.00 bits per heavy atom. The SMILES string of the molecule is COc1c(-c2ccccc2-c2cccc(-c3ccccc3-c3cc(C)cc(-n4c5ccccc5c5ccccc54)c3OC)n2)cc(C)cc1-n1c2ccccc2c2ccccc21.[CH3-].[CH3-].[Hf]. The third-order valence-electron chi connectivity index (χ3n) is 12.2. The number of hydrogen-bond acceptors (Lipinski definition) is 3. The zero-order chi connectivity index (χ0) is 41.9. The number of nitrogens with zero attached hydrogens (tertiary/aromatic N) is 3. The van der Waals surface area contributed by atoms with Gasteiger partial charge in [-0.15, -0.1) is 0 Å². The number of rotatable bonds is 8. The number of methoxy groups -OCH3 is 2. The first-order chi connectivity index (χ1) is 30.5. The Kier molecular flexibility index (Phi) is 12.5. The molecule has 0 unspecified atom stereocenters. The Morgan fingerprint density at radius 2 is 0.662 bits per heavy atom. The van der Waals surface area contributed by atoms with Crippen LogP contribution in [-0.4, -0.2) is 28.3 Å². The number of fused-ring (bicyclic) bond motifs is 6. The van der Waals surface area contributed by atoms with Crippen molar-refractivity contribution in [1.29, 1.82) is 0 Å². The molecule has 5 nitrogen and oxygen atoms in total. The Balaban J connectivity index is 0.00000192. The van der Waals surface area contributed by atoms with Gasteiger partial charge in [0.15, 0.2) is 11.5 Å². The van der Waals surface area contributed by atoms with E-state index in [-0.39, 0.29) is 40.7 Å². The van der Waals surface area contributed by atoms with Crippen LogP contribution >= 0.6 is 0 Å². The fraction of sp³-hybridized carbons (Fsp3) is 0.0678. The second-order valence-corrected chi connectivity index (χ2v) is 16.0. The quantitative estimate of drug-likeness (QED) is 0.112. The Bertz CT molecular complexity index is 3210. The van der Waals surface area contributed by atoms with Gasteiger partial charge in [-0.25, -0.2) is 4.98 Å². The summed E-state index contributed by atoms with van der Waals surface area (Å²) in [5, 5.41) is 4.84. The number of para-hydroxylation sites is 4. The normalized spacial score (nSPS) is 11.0. The van der Waals surface area contributed by atoms with Gasteiger partial charge in [0.25, 0.3) is 0 Å². The Labute approximate surface area is 400 Å². The standard InChI is InChI=1S/C57H43N3O2.2CH3.Hf/c1-36-32-46(56(61-3)54(34-36)59-50-28-13-9-22-42(50)43-23-10-14-29-51(43)59)38-18-5-7-20-40(38)48-26-17-27-49(58-48)41-21-8-6-19-39(41)47-33-37(2)35-55(57(47)62-4)60-52-30-15-11-24-44(52)45-25-12-16-31-53(45)60;;;/h5-35H,1-4H3;2*1H3;/q;2*-1;. The summed E-state index contributed by atoms with van der Waals surface area (Å²) in [6.07, 6.45) is 0. The fourth-order valence-corrected chi connectivity index (χ4v) is 9.65. The van der Waals surface area contributed by atoms with Gasteiger partial charge >= 0.3 is 0 Å².